The molecule has 108 valence electrons. The number of sulfonamides is 1. The molecule has 1 heterocycles. The van der Waals surface area contributed by atoms with Gasteiger partial charge < -0.3 is 10.3 Å². The molecule has 20 heavy (non-hydrogen) atoms. The molecule has 0 saturated heterocycles. The van der Waals surface area contributed by atoms with Crippen LogP contribution in [0.25, 0.3) is 0 Å². The van der Waals surface area contributed by atoms with Gasteiger partial charge in [0.15, 0.2) is 0 Å². The molecule has 0 saturated carbocycles. The molecule has 1 aromatic heterocycles. The lowest BCUT2D eigenvalue weighted by Crippen LogP contribution is -2.25. The zero-order valence-electron chi connectivity index (χ0n) is 10.7. The second kappa shape index (κ2) is 5.55. The van der Waals surface area contributed by atoms with Gasteiger partial charge in [0.05, 0.1) is 12.2 Å². The maximum atomic E-state index is 12.9. The number of nitrogens with two attached hydrogens (primary N) is 1. The molecule has 0 bridgehead atoms. The Morgan fingerprint density at radius 3 is 2.85 bits per heavy atom. The van der Waals surface area contributed by atoms with Gasteiger partial charge in [-0.15, -0.1) is 10.2 Å². The average Bonchev–Trinajstić information content (AvgIpc) is 2.83. The summed E-state index contributed by atoms with van der Waals surface area (Å²) in [5.74, 6) is -0.107. The van der Waals surface area contributed by atoms with Crippen LogP contribution in [-0.2, 0) is 23.1 Å². The molecular formula is C11H14FN5O2S. The number of nitrogens with one attached hydrogen (secondary N) is 1. The van der Waals surface area contributed by atoms with Crippen molar-refractivity contribution in [1.29, 1.82) is 0 Å². The standard InChI is InChI=1S/C11H14FN5O2S/c1-2-17-7-14-16-11(17)6-15-20(18,19)10-4-3-8(12)5-9(10)13/h3-5,7,15H,2,6,13H2,1H3. The Hall–Kier alpha value is -2.00. The minimum atomic E-state index is -3.83. The quantitative estimate of drug-likeness (QED) is 0.782. The van der Waals surface area contributed by atoms with Gasteiger partial charge in [0.2, 0.25) is 10.0 Å². The van der Waals surface area contributed by atoms with Crippen molar-refractivity contribution in [3.8, 4) is 0 Å². The Morgan fingerprint density at radius 2 is 2.20 bits per heavy atom. The summed E-state index contributed by atoms with van der Waals surface area (Å²) in [6, 6.07) is 3.13. The first kappa shape index (κ1) is 14.4. The molecule has 2 aromatic rings. The molecular weight excluding hydrogens is 285 g/mol. The second-order valence-electron chi connectivity index (χ2n) is 4.04. The highest BCUT2D eigenvalue weighted by atomic mass is 32.2. The van der Waals surface area contributed by atoms with Gasteiger partial charge in [-0.05, 0) is 25.1 Å². The molecule has 7 nitrogen and oxygen atoms in total. The smallest absolute Gasteiger partial charge is 0.243 e. The Balaban J connectivity index is 2.19. The van der Waals surface area contributed by atoms with Crippen LogP contribution in [0.2, 0.25) is 0 Å². The zero-order valence-corrected chi connectivity index (χ0v) is 11.6. The van der Waals surface area contributed by atoms with E-state index in [1.54, 1.807) is 4.57 Å². The van der Waals surface area contributed by atoms with Crippen LogP contribution in [0.15, 0.2) is 29.4 Å². The summed E-state index contributed by atoms with van der Waals surface area (Å²) in [5, 5.41) is 7.51. The summed E-state index contributed by atoms with van der Waals surface area (Å²) in [4.78, 5) is -0.165. The Labute approximate surface area is 115 Å². The van der Waals surface area contributed by atoms with Crippen LogP contribution >= 0.6 is 0 Å². The molecule has 0 amide bonds. The number of hydrogen-bond acceptors (Lipinski definition) is 5. The monoisotopic (exact) mass is 299 g/mol. The van der Waals surface area contributed by atoms with E-state index in [9.17, 15) is 12.8 Å². The molecule has 0 aliphatic carbocycles. The molecule has 3 N–H and O–H groups in total. The normalized spacial score (nSPS) is 11.7. The van der Waals surface area contributed by atoms with Crippen LogP contribution in [0.3, 0.4) is 0 Å². The van der Waals surface area contributed by atoms with Gasteiger partial charge in [-0.1, -0.05) is 0 Å². The van der Waals surface area contributed by atoms with Crippen molar-refractivity contribution in [3.63, 3.8) is 0 Å². The van der Waals surface area contributed by atoms with Gasteiger partial charge in [0.25, 0.3) is 0 Å². The number of nitrogens with zero attached hydrogens (tertiary/aromatic N) is 3. The van der Waals surface area contributed by atoms with E-state index in [2.05, 4.69) is 14.9 Å². The number of hydrogen-bond donors (Lipinski definition) is 2. The van der Waals surface area contributed by atoms with Crippen LogP contribution in [0, 0.1) is 5.82 Å². The van der Waals surface area contributed by atoms with Crippen molar-refractivity contribution in [3.05, 3.63) is 36.2 Å². The van der Waals surface area contributed by atoms with Gasteiger partial charge in [-0.3, -0.25) is 0 Å². The van der Waals surface area contributed by atoms with Crippen LogP contribution in [0.1, 0.15) is 12.7 Å². The van der Waals surface area contributed by atoms with Crippen LogP contribution < -0.4 is 10.5 Å². The van der Waals surface area contributed by atoms with Gasteiger partial charge >= 0.3 is 0 Å². The minimum absolute atomic E-state index is 0.0208. The number of aromatic nitrogens is 3. The van der Waals surface area contributed by atoms with Crippen molar-refractivity contribution in [2.75, 3.05) is 5.73 Å². The SMILES string of the molecule is CCn1cnnc1CNS(=O)(=O)c1ccc(F)cc1N. The molecule has 9 heteroatoms. The number of rotatable bonds is 5. The molecule has 0 aliphatic rings. The van der Waals surface area contributed by atoms with Crippen LogP contribution in [-0.4, -0.2) is 23.2 Å². The van der Waals surface area contributed by atoms with E-state index in [-0.39, 0.29) is 17.1 Å². The molecule has 0 radical (unpaired) electrons. The molecule has 2 rings (SSSR count). The van der Waals surface area contributed by atoms with E-state index in [4.69, 9.17) is 5.73 Å². The van der Waals surface area contributed by atoms with Gasteiger partial charge in [-0.25, -0.2) is 17.5 Å². The van der Waals surface area contributed by atoms with Crippen molar-refractivity contribution in [2.45, 2.75) is 24.9 Å². The largest absolute Gasteiger partial charge is 0.398 e. The molecule has 0 fully saturated rings. The molecule has 1 aromatic carbocycles. The zero-order chi connectivity index (χ0) is 14.8. The summed E-state index contributed by atoms with van der Waals surface area (Å²) in [7, 11) is -3.83. The average molecular weight is 299 g/mol. The topological polar surface area (TPSA) is 103 Å². The maximum Gasteiger partial charge on any atom is 0.243 e. The maximum absolute atomic E-state index is 12.9. The van der Waals surface area contributed by atoms with E-state index < -0.39 is 15.8 Å². The van der Waals surface area contributed by atoms with Gasteiger partial charge in [-0.2, -0.15) is 0 Å². The summed E-state index contributed by atoms with van der Waals surface area (Å²) in [6.45, 7) is 2.50. The number of benzene rings is 1. The van der Waals surface area contributed by atoms with Crippen molar-refractivity contribution in [2.24, 2.45) is 0 Å². The number of aryl methyl sites for hydroxylation is 1. The van der Waals surface area contributed by atoms with Crippen molar-refractivity contribution in [1.82, 2.24) is 19.5 Å². The van der Waals surface area contributed by atoms with Crippen LogP contribution in [0.4, 0.5) is 10.1 Å². The summed E-state index contributed by atoms with van der Waals surface area (Å²) in [5.41, 5.74) is 5.38. The minimum Gasteiger partial charge on any atom is -0.398 e. The van der Waals surface area contributed by atoms with E-state index in [1.807, 2.05) is 6.92 Å². The third kappa shape index (κ3) is 2.94. The second-order valence-corrected chi connectivity index (χ2v) is 5.78. The first-order valence-corrected chi connectivity index (χ1v) is 7.33. The fourth-order valence-corrected chi connectivity index (χ4v) is 2.77. The fourth-order valence-electron chi connectivity index (χ4n) is 1.68. The lowest BCUT2D eigenvalue weighted by molar-refractivity contribution is 0.575. The third-order valence-electron chi connectivity index (χ3n) is 2.72. The summed E-state index contributed by atoms with van der Waals surface area (Å²) in [6.07, 6.45) is 1.51. The van der Waals surface area contributed by atoms with E-state index >= 15 is 0 Å². The van der Waals surface area contributed by atoms with E-state index in [0.717, 1.165) is 18.2 Å². The lowest BCUT2D eigenvalue weighted by Gasteiger charge is -2.09. The van der Waals surface area contributed by atoms with E-state index in [0.29, 0.717) is 12.4 Å². The van der Waals surface area contributed by atoms with Gasteiger partial charge in [0.1, 0.15) is 22.9 Å². The Kier molecular flexibility index (Phi) is 4.00. The summed E-state index contributed by atoms with van der Waals surface area (Å²) < 4.78 is 41.2. The van der Waals surface area contributed by atoms with Crippen molar-refractivity contribution < 1.29 is 12.8 Å². The molecule has 0 unspecified atom stereocenters. The predicted octanol–water partition coefficient (Wildman–Crippen LogP) is 0.498. The highest BCUT2D eigenvalue weighted by molar-refractivity contribution is 7.89. The highest BCUT2D eigenvalue weighted by Crippen LogP contribution is 2.19. The first-order valence-electron chi connectivity index (χ1n) is 5.85. The van der Waals surface area contributed by atoms with Gasteiger partial charge in [0, 0.05) is 6.54 Å². The Bertz CT molecular complexity index is 713. The number of halogens is 1. The van der Waals surface area contributed by atoms with E-state index in [1.165, 1.54) is 6.33 Å². The third-order valence-corrected chi connectivity index (χ3v) is 4.19. The first-order chi connectivity index (χ1) is 9.44. The summed E-state index contributed by atoms with van der Waals surface area (Å²) >= 11 is 0. The lowest BCUT2D eigenvalue weighted by atomic mass is 10.3. The molecule has 0 atom stereocenters. The molecule has 0 aliphatic heterocycles. The number of anilines is 1. The Morgan fingerprint density at radius 1 is 1.45 bits per heavy atom. The van der Waals surface area contributed by atoms with Crippen molar-refractivity contribution >= 4 is 15.7 Å². The molecule has 0 spiro atoms. The number of nitrogen functional groups attached to an aromatic ring is 1. The fraction of sp³-hybridized carbons (Fsp3) is 0.273. The van der Waals surface area contributed by atoms with Crippen LogP contribution in [0.5, 0.6) is 0 Å². The predicted molar refractivity (Wildman–Crippen MR) is 70.5 cm³/mol. The highest BCUT2D eigenvalue weighted by Gasteiger charge is 2.18.